The summed E-state index contributed by atoms with van der Waals surface area (Å²) in [5.41, 5.74) is 7.22. The van der Waals surface area contributed by atoms with Gasteiger partial charge < -0.3 is 30.3 Å². The van der Waals surface area contributed by atoms with Gasteiger partial charge in [-0.25, -0.2) is 4.39 Å². The van der Waals surface area contributed by atoms with Crippen LogP contribution in [-0.4, -0.2) is 72.7 Å². The number of aliphatic hydroxyl groups is 2. The van der Waals surface area contributed by atoms with Crippen LogP contribution in [0.1, 0.15) is 62.0 Å². The quantitative estimate of drug-likeness (QED) is 0.397. The number of aliphatic hydroxyl groups excluding tert-OH is 1. The number of hydrogen-bond donors (Lipinski definition) is 3. The number of morpholine rings is 1. The smallest absolute Gasteiger partial charge is 0.226 e. The molecule has 3 aliphatic rings. The molecule has 7 nitrogen and oxygen atoms in total. The van der Waals surface area contributed by atoms with Crippen LogP contribution in [0.2, 0.25) is 0 Å². The molecular weight excluding hydrogens is 499 g/mol. The SMILES string of the molecule is COCCCC[C@@](O)(c1cccc(F)c1-c1cccc(C2CC2)c1)C1CN(C(=O)[C@H]2C[C@@H](N)[C@@H](O)C2)CCO1. The molecule has 212 valence electrons. The van der Waals surface area contributed by atoms with Crippen LogP contribution in [0.3, 0.4) is 0 Å². The Kier molecular flexibility index (Phi) is 8.69. The summed E-state index contributed by atoms with van der Waals surface area (Å²) < 4.78 is 27.0. The number of hydrogen-bond acceptors (Lipinski definition) is 6. The number of carbonyl (C=O) groups excluding carboxylic acids is 1. The molecule has 1 aliphatic heterocycles. The first-order valence-electron chi connectivity index (χ1n) is 14.3. The van der Waals surface area contributed by atoms with Crippen molar-refractivity contribution < 1.29 is 28.9 Å². The average molecular weight is 541 g/mol. The van der Waals surface area contributed by atoms with E-state index in [2.05, 4.69) is 6.07 Å². The van der Waals surface area contributed by atoms with Gasteiger partial charge >= 0.3 is 0 Å². The van der Waals surface area contributed by atoms with Crippen molar-refractivity contribution in [2.75, 3.05) is 33.4 Å². The zero-order valence-corrected chi connectivity index (χ0v) is 22.7. The summed E-state index contributed by atoms with van der Waals surface area (Å²) in [6.07, 6.45) is 3.32. The number of amides is 1. The topological polar surface area (TPSA) is 105 Å². The molecule has 0 spiro atoms. The number of nitrogens with zero attached hydrogens (tertiary/aromatic N) is 1. The summed E-state index contributed by atoms with van der Waals surface area (Å²) in [5.74, 6) is -0.308. The number of carbonyl (C=O) groups is 1. The molecule has 0 bridgehead atoms. The van der Waals surface area contributed by atoms with Gasteiger partial charge in [0.15, 0.2) is 0 Å². The Morgan fingerprint density at radius 1 is 1.21 bits per heavy atom. The van der Waals surface area contributed by atoms with Crippen molar-refractivity contribution in [1.29, 1.82) is 0 Å². The minimum Gasteiger partial charge on any atom is -0.391 e. The van der Waals surface area contributed by atoms with E-state index in [9.17, 15) is 15.0 Å². The predicted octanol–water partition coefficient (Wildman–Crippen LogP) is 3.70. The lowest BCUT2D eigenvalue weighted by molar-refractivity contribution is -0.167. The van der Waals surface area contributed by atoms with Crippen LogP contribution < -0.4 is 5.73 Å². The van der Waals surface area contributed by atoms with E-state index in [4.69, 9.17) is 15.2 Å². The van der Waals surface area contributed by atoms with Crippen molar-refractivity contribution in [1.82, 2.24) is 4.90 Å². The number of ether oxygens (including phenoxy) is 2. The molecule has 0 aromatic heterocycles. The van der Waals surface area contributed by atoms with Gasteiger partial charge in [0.25, 0.3) is 0 Å². The van der Waals surface area contributed by atoms with Gasteiger partial charge in [0.05, 0.1) is 19.3 Å². The third-order valence-corrected chi connectivity index (χ3v) is 8.70. The van der Waals surface area contributed by atoms with Crippen LogP contribution in [0.15, 0.2) is 42.5 Å². The second kappa shape index (κ2) is 12.0. The lowest BCUT2D eigenvalue weighted by Crippen LogP contribution is -2.55. The summed E-state index contributed by atoms with van der Waals surface area (Å²) >= 11 is 0. The van der Waals surface area contributed by atoms with Crippen LogP contribution in [-0.2, 0) is 19.9 Å². The highest BCUT2D eigenvalue weighted by atomic mass is 19.1. The molecule has 2 aliphatic carbocycles. The van der Waals surface area contributed by atoms with Crippen molar-refractivity contribution in [3.05, 3.63) is 59.4 Å². The summed E-state index contributed by atoms with van der Waals surface area (Å²) in [6, 6.07) is 12.4. The van der Waals surface area contributed by atoms with Gasteiger partial charge in [-0.2, -0.15) is 0 Å². The standard InChI is InChI=1S/C31H41FN2O5/c1-38-14-3-2-12-31(37,28-19-34(13-15-39-28)30(36)23-17-26(33)27(35)18-23)24-8-5-9-25(32)29(24)22-7-4-6-21(16-22)20-10-11-20/h4-9,16,20,23,26-28,35,37H,2-3,10-15,17-19,33H2,1H3/t23-,26+,27-,28?,31+/m0/s1. The molecule has 2 aromatic carbocycles. The molecular formula is C31H41FN2O5. The van der Waals surface area contributed by atoms with Crippen LogP contribution in [0, 0.1) is 11.7 Å². The van der Waals surface area contributed by atoms with Gasteiger partial charge in [-0.05, 0) is 73.6 Å². The number of nitrogens with two attached hydrogens (primary N) is 1. The van der Waals surface area contributed by atoms with Crippen molar-refractivity contribution in [2.24, 2.45) is 11.7 Å². The molecule has 1 amide bonds. The normalized spacial score (nSPS) is 26.9. The molecule has 1 heterocycles. The number of benzene rings is 2. The van der Waals surface area contributed by atoms with E-state index in [0.717, 1.165) is 24.8 Å². The van der Waals surface area contributed by atoms with E-state index >= 15 is 4.39 Å². The Bertz CT molecular complexity index is 1150. The average Bonchev–Trinajstić information content (AvgIpc) is 3.75. The largest absolute Gasteiger partial charge is 0.391 e. The molecule has 39 heavy (non-hydrogen) atoms. The van der Waals surface area contributed by atoms with E-state index in [-0.39, 0.29) is 25.0 Å². The molecule has 5 rings (SSSR count). The fraction of sp³-hybridized carbons (Fsp3) is 0.581. The Labute approximate surface area is 230 Å². The Balaban J connectivity index is 1.48. The second-order valence-electron chi connectivity index (χ2n) is 11.5. The van der Waals surface area contributed by atoms with Gasteiger partial charge in [-0.15, -0.1) is 0 Å². The molecule has 5 atom stereocenters. The monoisotopic (exact) mass is 540 g/mol. The van der Waals surface area contributed by atoms with Crippen molar-refractivity contribution in [3.8, 4) is 11.1 Å². The van der Waals surface area contributed by atoms with E-state index in [1.54, 1.807) is 24.1 Å². The maximum Gasteiger partial charge on any atom is 0.226 e. The summed E-state index contributed by atoms with van der Waals surface area (Å²) in [5, 5.41) is 22.6. The van der Waals surface area contributed by atoms with Gasteiger partial charge in [0.2, 0.25) is 5.91 Å². The lowest BCUT2D eigenvalue weighted by atomic mass is 9.78. The zero-order valence-electron chi connectivity index (χ0n) is 22.7. The predicted molar refractivity (Wildman–Crippen MR) is 146 cm³/mol. The van der Waals surface area contributed by atoms with Crippen LogP contribution in [0.4, 0.5) is 4.39 Å². The van der Waals surface area contributed by atoms with Crippen LogP contribution in [0.25, 0.3) is 11.1 Å². The first-order chi connectivity index (χ1) is 18.8. The zero-order chi connectivity index (χ0) is 27.6. The molecule has 4 N–H and O–H groups in total. The highest BCUT2D eigenvalue weighted by Crippen LogP contribution is 2.44. The highest BCUT2D eigenvalue weighted by molar-refractivity contribution is 5.79. The first kappa shape index (κ1) is 28.2. The molecule has 2 saturated carbocycles. The van der Waals surface area contributed by atoms with Crippen LogP contribution in [0.5, 0.6) is 0 Å². The molecule has 8 heteroatoms. The van der Waals surface area contributed by atoms with Crippen molar-refractivity contribution in [3.63, 3.8) is 0 Å². The second-order valence-corrected chi connectivity index (χ2v) is 11.5. The summed E-state index contributed by atoms with van der Waals surface area (Å²) in [7, 11) is 1.64. The van der Waals surface area contributed by atoms with E-state index < -0.39 is 29.7 Å². The Morgan fingerprint density at radius 3 is 2.72 bits per heavy atom. The van der Waals surface area contributed by atoms with E-state index in [1.165, 1.54) is 11.6 Å². The molecule has 1 unspecified atom stereocenters. The minimum absolute atomic E-state index is 0.0753. The van der Waals surface area contributed by atoms with Gasteiger partial charge in [-0.1, -0.05) is 36.4 Å². The minimum atomic E-state index is -1.54. The van der Waals surface area contributed by atoms with Crippen LogP contribution >= 0.6 is 0 Å². The van der Waals surface area contributed by atoms with Gasteiger partial charge in [-0.3, -0.25) is 4.79 Å². The number of methoxy groups -OCH3 is 1. The number of halogens is 1. The molecule has 2 aromatic rings. The molecule has 3 fully saturated rings. The van der Waals surface area contributed by atoms with E-state index in [1.807, 2.05) is 18.2 Å². The maximum atomic E-state index is 15.6. The first-order valence-corrected chi connectivity index (χ1v) is 14.3. The number of unbranched alkanes of at least 4 members (excludes halogenated alkanes) is 1. The lowest BCUT2D eigenvalue weighted by Gasteiger charge is -2.43. The van der Waals surface area contributed by atoms with E-state index in [0.29, 0.717) is 55.9 Å². The third-order valence-electron chi connectivity index (χ3n) is 8.70. The Hall–Kier alpha value is -2.36. The molecule has 0 radical (unpaired) electrons. The third kappa shape index (κ3) is 6.05. The highest BCUT2D eigenvalue weighted by Gasteiger charge is 2.46. The fourth-order valence-corrected chi connectivity index (χ4v) is 6.30. The van der Waals surface area contributed by atoms with Gasteiger partial charge in [0.1, 0.15) is 17.5 Å². The number of rotatable bonds is 10. The Morgan fingerprint density at radius 2 is 2.00 bits per heavy atom. The summed E-state index contributed by atoms with van der Waals surface area (Å²) in [4.78, 5) is 15.1. The van der Waals surface area contributed by atoms with Gasteiger partial charge in [0, 0.05) is 37.8 Å². The van der Waals surface area contributed by atoms with Crippen molar-refractivity contribution in [2.45, 2.75) is 74.7 Å². The van der Waals surface area contributed by atoms with Crippen molar-refractivity contribution >= 4 is 5.91 Å². The molecule has 1 saturated heterocycles. The maximum absolute atomic E-state index is 15.6. The fourth-order valence-electron chi connectivity index (χ4n) is 6.30. The summed E-state index contributed by atoms with van der Waals surface area (Å²) in [6.45, 7) is 1.39.